The van der Waals surface area contributed by atoms with E-state index in [1.54, 1.807) is 0 Å². The highest BCUT2D eigenvalue weighted by Crippen LogP contribution is 2.40. The van der Waals surface area contributed by atoms with Crippen molar-refractivity contribution in [3.05, 3.63) is 0 Å². The van der Waals surface area contributed by atoms with Crippen LogP contribution < -0.4 is 0 Å². The lowest BCUT2D eigenvalue weighted by Gasteiger charge is -2.38. The van der Waals surface area contributed by atoms with E-state index in [0.717, 1.165) is 0 Å². The minimum atomic E-state index is -2.33. The minimum Gasteiger partial charge on any atom is -0.482 e. The number of carboxylic acids is 1. The van der Waals surface area contributed by atoms with Crippen molar-refractivity contribution in [1.82, 2.24) is 0 Å². The average molecular weight is 143 g/mol. The Kier molecular flexibility index (Phi) is 2.89. The summed E-state index contributed by atoms with van der Waals surface area (Å²) >= 11 is 0. The molecule has 0 rings (SSSR count). The Morgan fingerprint density at radius 1 is 1.27 bits per heavy atom. The molecule has 50 valence electrons. The van der Waals surface area contributed by atoms with E-state index in [1.165, 1.54) is 0 Å². The highest BCUT2D eigenvalue weighted by atomic mass is 16.4. The highest BCUT2D eigenvalue weighted by molar-refractivity contribution is 6.60. The number of aliphatic hydroxyl groups excluding tert-OH is 1. The van der Waals surface area contributed by atoms with Crippen molar-refractivity contribution in [2.24, 2.45) is 0 Å². The normalized spacial score (nSPS) is 12.8. The number of carboxylic acid groups (broad SMARTS) is 1. The van der Waals surface area contributed by atoms with E-state index in [2.05, 4.69) is 0 Å². The monoisotopic (exact) mass is 144 g/mol. The van der Waals surface area contributed by atoms with Gasteiger partial charge in [0, 0.05) is 6.61 Å². The van der Waals surface area contributed by atoms with Crippen molar-refractivity contribution in [2.75, 3.05) is 6.61 Å². The first-order valence-corrected chi connectivity index (χ1v) is 2.75. The molecule has 0 aromatic rings. The second-order valence-corrected chi connectivity index (χ2v) is 2.37. The number of hydrogen-bond acceptors (Lipinski definition) is 2. The molecule has 0 amide bonds. The number of aliphatic hydroxyl groups is 1. The summed E-state index contributed by atoms with van der Waals surface area (Å²) in [5.41, 5.74) is 0. The summed E-state index contributed by atoms with van der Waals surface area (Å²) in [5, 5.41) is 12.5. The maximum absolute atomic E-state index is 10.3. The standard InChI is InChI=1S/C4H4B4O3/c5-3(6,1-9)4(7,8)2(10)11/h9H,1H2,(H,10,11). The lowest BCUT2D eigenvalue weighted by atomic mass is 9.30. The third-order valence-electron chi connectivity index (χ3n) is 1.39. The fraction of sp³-hybridized carbons (Fsp3) is 0.750. The molecule has 0 aromatic carbocycles. The first-order chi connectivity index (χ1) is 4.75. The molecule has 0 fully saturated rings. The Bertz CT molecular complexity index is 167. The SMILES string of the molecule is [B]C([B])(CO)C([B])([B])C(=O)O. The molecule has 11 heavy (non-hydrogen) atoms. The number of hydrogen-bond donors (Lipinski definition) is 2. The molecule has 0 atom stereocenters. The molecule has 0 bridgehead atoms. The first-order valence-electron chi connectivity index (χ1n) is 2.75. The Balaban J connectivity index is 4.67. The molecule has 3 nitrogen and oxygen atoms in total. The van der Waals surface area contributed by atoms with E-state index in [9.17, 15) is 4.79 Å². The van der Waals surface area contributed by atoms with Gasteiger partial charge in [0.25, 0.3) is 5.97 Å². The molecule has 0 aliphatic heterocycles. The number of aliphatic carboxylic acids is 1. The maximum atomic E-state index is 10.3. The summed E-state index contributed by atoms with van der Waals surface area (Å²) in [6, 6.07) is 0. The van der Waals surface area contributed by atoms with Crippen LogP contribution in [0.1, 0.15) is 0 Å². The Labute approximate surface area is 70.2 Å². The molecule has 0 saturated heterocycles. The van der Waals surface area contributed by atoms with Gasteiger partial charge >= 0.3 is 0 Å². The lowest BCUT2D eigenvalue weighted by Crippen LogP contribution is -2.41. The van der Waals surface area contributed by atoms with E-state index >= 15 is 0 Å². The fourth-order valence-corrected chi connectivity index (χ4v) is 0.330. The Morgan fingerprint density at radius 2 is 1.64 bits per heavy atom. The molecule has 0 aliphatic rings. The van der Waals surface area contributed by atoms with Crippen molar-refractivity contribution in [3.8, 4) is 0 Å². The van der Waals surface area contributed by atoms with Gasteiger partial charge in [-0.25, -0.2) is 0 Å². The quantitative estimate of drug-likeness (QED) is 0.448. The van der Waals surface area contributed by atoms with E-state index in [0.29, 0.717) is 0 Å². The smallest absolute Gasteiger partial charge is 0.291 e. The van der Waals surface area contributed by atoms with Crippen LogP contribution in [-0.2, 0) is 4.79 Å². The summed E-state index contributed by atoms with van der Waals surface area (Å²) in [5.74, 6) is -1.57. The van der Waals surface area contributed by atoms with Crippen LogP contribution in [0.5, 0.6) is 0 Å². The molecular weight excluding hydrogens is 139 g/mol. The summed E-state index contributed by atoms with van der Waals surface area (Å²) in [4.78, 5) is 10.3. The first kappa shape index (κ1) is 10.7. The van der Waals surface area contributed by atoms with Crippen molar-refractivity contribution < 1.29 is 15.0 Å². The zero-order chi connectivity index (χ0) is 9.28. The number of carbonyl (C=O) groups is 1. The van der Waals surface area contributed by atoms with Gasteiger partial charge in [-0.2, -0.15) is 0 Å². The van der Waals surface area contributed by atoms with Crippen LogP contribution in [0, 0.1) is 0 Å². The number of rotatable bonds is 3. The van der Waals surface area contributed by atoms with Crippen molar-refractivity contribution in [1.29, 1.82) is 0 Å². The molecule has 0 unspecified atom stereocenters. The minimum absolute atomic E-state index is 0.813. The predicted molar refractivity (Wildman–Crippen MR) is 43.1 cm³/mol. The molecule has 0 spiro atoms. The maximum Gasteiger partial charge on any atom is 0.291 e. The average Bonchev–Trinajstić information content (AvgIpc) is 1.87. The van der Waals surface area contributed by atoms with Crippen molar-refractivity contribution in [3.63, 3.8) is 0 Å². The van der Waals surface area contributed by atoms with Gasteiger partial charge in [0.15, 0.2) is 0 Å². The Morgan fingerprint density at radius 3 is 1.73 bits per heavy atom. The van der Waals surface area contributed by atoms with Crippen LogP contribution in [0.2, 0.25) is 10.4 Å². The van der Waals surface area contributed by atoms with Crippen LogP contribution in [0.3, 0.4) is 0 Å². The van der Waals surface area contributed by atoms with Crippen molar-refractivity contribution >= 4 is 37.4 Å². The molecular formula is C4H4B4O3. The van der Waals surface area contributed by atoms with Gasteiger partial charge in [-0.1, -0.05) is 5.21 Å². The predicted octanol–water partition coefficient (Wildman–Crippen LogP) is -2.03. The zero-order valence-electron chi connectivity index (χ0n) is 5.82. The van der Waals surface area contributed by atoms with E-state index in [4.69, 9.17) is 41.6 Å². The van der Waals surface area contributed by atoms with Crippen molar-refractivity contribution in [2.45, 2.75) is 10.4 Å². The lowest BCUT2D eigenvalue weighted by molar-refractivity contribution is -0.138. The van der Waals surface area contributed by atoms with Crippen LogP contribution in [0.15, 0.2) is 0 Å². The van der Waals surface area contributed by atoms with Gasteiger partial charge in [0.2, 0.25) is 0 Å². The van der Waals surface area contributed by atoms with E-state index in [1.807, 2.05) is 0 Å². The van der Waals surface area contributed by atoms with Gasteiger partial charge in [0.1, 0.15) is 0 Å². The van der Waals surface area contributed by atoms with Gasteiger partial charge in [-0.05, 0) is 5.21 Å². The van der Waals surface area contributed by atoms with Gasteiger partial charge < -0.3 is 10.2 Å². The van der Waals surface area contributed by atoms with Crippen LogP contribution in [0.4, 0.5) is 0 Å². The summed E-state index contributed by atoms with van der Waals surface area (Å²) in [6.07, 6.45) is 0. The van der Waals surface area contributed by atoms with Crippen LogP contribution >= 0.6 is 0 Å². The fourth-order valence-electron chi connectivity index (χ4n) is 0.330. The van der Waals surface area contributed by atoms with Gasteiger partial charge in [0.05, 0.1) is 31.4 Å². The zero-order valence-corrected chi connectivity index (χ0v) is 5.82. The summed E-state index contributed by atoms with van der Waals surface area (Å²) < 4.78 is 0. The van der Waals surface area contributed by atoms with Gasteiger partial charge in [-0.15, -0.1) is 0 Å². The second-order valence-electron chi connectivity index (χ2n) is 2.37. The molecule has 0 saturated carbocycles. The molecule has 0 aromatic heterocycles. The van der Waals surface area contributed by atoms with E-state index < -0.39 is 23.0 Å². The molecule has 0 heterocycles. The molecule has 0 aliphatic carbocycles. The largest absolute Gasteiger partial charge is 0.482 e. The third kappa shape index (κ3) is 1.83. The summed E-state index contributed by atoms with van der Waals surface area (Å²) in [7, 11) is 20.2. The van der Waals surface area contributed by atoms with Crippen LogP contribution in [0.25, 0.3) is 0 Å². The Hall–Kier alpha value is -0.310. The second kappa shape index (κ2) is 2.97. The molecule has 2 N–H and O–H groups in total. The molecule has 7 heteroatoms. The van der Waals surface area contributed by atoms with Crippen LogP contribution in [-0.4, -0.2) is 54.2 Å². The van der Waals surface area contributed by atoms with E-state index in [-0.39, 0.29) is 0 Å². The van der Waals surface area contributed by atoms with Gasteiger partial charge in [-0.3, -0.25) is 4.79 Å². The highest BCUT2D eigenvalue weighted by Gasteiger charge is 2.40. The summed E-state index contributed by atoms with van der Waals surface area (Å²) in [6.45, 7) is -0.813. The third-order valence-corrected chi connectivity index (χ3v) is 1.39. The molecule has 8 radical (unpaired) electrons. The topological polar surface area (TPSA) is 57.5 Å².